The number of nitrogens with one attached hydrogen (secondary N) is 1. The zero-order chi connectivity index (χ0) is 14.4. The van der Waals surface area contributed by atoms with E-state index in [1.54, 1.807) is 7.11 Å². The van der Waals surface area contributed by atoms with Crippen LogP contribution in [0.2, 0.25) is 0 Å². The van der Waals surface area contributed by atoms with Gasteiger partial charge in [0, 0.05) is 13.0 Å². The highest BCUT2D eigenvalue weighted by molar-refractivity contribution is 5.78. The third-order valence-electron chi connectivity index (χ3n) is 3.32. The summed E-state index contributed by atoms with van der Waals surface area (Å²) in [5.74, 6) is 0.238. The summed E-state index contributed by atoms with van der Waals surface area (Å²) in [6.45, 7) is 3.69. The van der Waals surface area contributed by atoms with E-state index >= 15 is 0 Å². The monoisotopic (exact) mass is 279 g/mol. The molecule has 0 unspecified atom stereocenters. The molecule has 1 aliphatic rings. The average Bonchev–Trinajstić information content (AvgIpc) is 2.86. The lowest BCUT2D eigenvalue weighted by Crippen LogP contribution is -2.34. The first-order chi connectivity index (χ1) is 9.61. The van der Waals surface area contributed by atoms with E-state index in [4.69, 9.17) is 14.2 Å². The van der Waals surface area contributed by atoms with Crippen LogP contribution in [-0.2, 0) is 20.7 Å². The molecule has 0 aromatic heterocycles. The molecule has 0 bridgehead atoms. The fraction of sp³-hybridized carbons (Fsp3) is 0.533. The highest BCUT2D eigenvalue weighted by atomic mass is 16.7. The Morgan fingerprint density at radius 1 is 1.30 bits per heavy atom. The molecule has 20 heavy (non-hydrogen) atoms. The molecule has 110 valence electrons. The van der Waals surface area contributed by atoms with Gasteiger partial charge in [-0.25, -0.2) is 0 Å². The molecule has 2 rings (SSSR count). The van der Waals surface area contributed by atoms with Gasteiger partial charge in [-0.05, 0) is 24.6 Å². The third kappa shape index (κ3) is 4.21. The van der Waals surface area contributed by atoms with E-state index in [-0.39, 0.29) is 5.91 Å². The minimum Gasteiger partial charge on any atom is -0.497 e. The molecular formula is C15H21NO4. The van der Waals surface area contributed by atoms with E-state index in [0.717, 1.165) is 11.3 Å². The van der Waals surface area contributed by atoms with Gasteiger partial charge in [0.15, 0.2) is 5.79 Å². The maximum atomic E-state index is 11.8. The minimum absolute atomic E-state index is 0.00300. The van der Waals surface area contributed by atoms with Gasteiger partial charge >= 0.3 is 0 Å². The van der Waals surface area contributed by atoms with Gasteiger partial charge in [-0.2, -0.15) is 0 Å². The van der Waals surface area contributed by atoms with Crippen LogP contribution in [0.25, 0.3) is 0 Å². The smallest absolute Gasteiger partial charge is 0.224 e. The van der Waals surface area contributed by atoms with E-state index < -0.39 is 5.79 Å². The van der Waals surface area contributed by atoms with Crippen LogP contribution in [-0.4, -0.2) is 38.6 Å². The van der Waals surface area contributed by atoms with Gasteiger partial charge < -0.3 is 19.5 Å². The number of hydrogen-bond donors (Lipinski definition) is 1. The second kappa shape index (κ2) is 6.72. The summed E-state index contributed by atoms with van der Waals surface area (Å²) in [4.78, 5) is 11.8. The molecule has 1 aromatic carbocycles. The van der Waals surface area contributed by atoms with Crippen LogP contribution in [0.15, 0.2) is 24.3 Å². The number of hydrogen-bond acceptors (Lipinski definition) is 4. The number of carbonyl (C=O) groups excluding carboxylic acids is 1. The maximum Gasteiger partial charge on any atom is 0.224 e. The zero-order valence-corrected chi connectivity index (χ0v) is 12.0. The van der Waals surface area contributed by atoms with Crippen molar-refractivity contribution < 1.29 is 19.0 Å². The second-order valence-electron chi connectivity index (χ2n) is 4.96. The topological polar surface area (TPSA) is 56.8 Å². The van der Waals surface area contributed by atoms with Crippen molar-refractivity contribution in [2.45, 2.75) is 25.6 Å². The van der Waals surface area contributed by atoms with Crippen LogP contribution >= 0.6 is 0 Å². The normalized spacial score (nSPS) is 16.9. The van der Waals surface area contributed by atoms with Crippen LogP contribution in [0.4, 0.5) is 0 Å². The molecule has 1 fully saturated rings. The summed E-state index contributed by atoms with van der Waals surface area (Å²) in [6, 6.07) is 7.49. The van der Waals surface area contributed by atoms with E-state index in [0.29, 0.717) is 32.6 Å². The molecule has 0 atom stereocenters. The molecule has 1 aromatic rings. The number of methoxy groups -OCH3 is 1. The highest BCUT2D eigenvalue weighted by Crippen LogP contribution is 2.21. The Morgan fingerprint density at radius 2 is 1.95 bits per heavy atom. The molecule has 5 nitrogen and oxygen atoms in total. The Morgan fingerprint density at radius 3 is 2.55 bits per heavy atom. The number of benzene rings is 1. The molecule has 0 radical (unpaired) electrons. The van der Waals surface area contributed by atoms with Crippen LogP contribution < -0.4 is 10.1 Å². The third-order valence-corrected chi connectivity index (χ3v) is 3.32. The Hall–Kier alpha value is -1.59. The summed E-state index contributed by atoms with van der Waals surface area (Å²) >= 11 is 0. The molecule has 1 saturated heterocycles. The largest absolute Gasteiger partial charge is 0.497 e. The Bertz CT molecular complexity index is 438. The summed E-state index contributed by atoms with van der Waals surface area (Å²) in [6.07, 6.45) is 1.02. The van der Waals surface area contributed by atoms with Crippen molar-refractivity contribution in [2.75, 3.05) is 26.9 Å². The van der Waals surface area contributed by atoms with E-state index in [9.17, 15) is 4.79 Å². The average molecular weight is 279 g/mol. The van der Waals surface area contributed by atoms with Gasteiger partial charge in [0.2, 0.25) is 5.91 Å². The lowest BCUT2D eigenvalue weighted by Gasteiger charge is -2.22. The van der Waals surface area contributed by atoms with Crippen molar-refractivity contribution >= 4 is 5.91 Å². The van der Waals surface area contributed by atoms with Crippen molar-refractivity contribution in [1.29, 1.82) is 0 Å². The summed E-state index contributed by atoms with van der Waals surface area (Å²) < 4.78 is 16.0. The van der Waals surface area contributed by atoms with Gasteiger partial charge in [-0.3, -0.25) is 4.79 Å². The van der Waals surface area contributed by atoms with E-state index in [1.165, 1.54) is 0 Å². The molecule has 1 amide bonds. The predicted octanol–water partition coefficient (Wildman–Crippen LogP) is 1.51. The number of ether oxygens (including phenoxy) is 3. The number of carbonyl (C=O) groups is 1. The molecule has 0 spiro atoms. The molecule has 0 saturated carbocycles. The lowest BCUT2D eigenvalue weighted by atomic mass is 10.1. The van der Waals surface area contributed by atoms with Gasteiger partial charge in [-0.15, -0.1) is 0 Å². The molecule has 5 heteroatoms. The van der Waals surface area contributed by atoms with Crippen molar-refractivity contribution in [2.24, 2.45) is 0 Å². The molecule has 1 aliphatic heterocycles. The van der Waals surface area contributed by atoms with E-state index in [1.807, 2.05) is 31.2 Å². The Balaban J connectivity index is 1.72. The number of amides is 1. The Kier molecular flexibility index (Phi) is 4.98. The SMILES string of the molecule is COc1ccc(CC(=O)NCCC2(C)OCCO2)cc1. The fourth-order valence-electron chi connectivity index (χ4n) is 2.12. The van der Waals surface area contributed by atoms with Gasteiger partial charge in [0.1, 0.15) is 5.75 Å². The first-order valence-electron chi connectivity index (χ1n) is 6.79. The van der Waals surface area contributed by atoms with Crippen LogP contribution in [0.3, 0.4) is 0 Å². The van der Waals surface area contributed by atoms with Crippen molar-refractivity contribution in [3.8, 4) is 5.75 Å². The summed E-state index contributed by atoms with van der Waals surface area (Å²) in [7, 11) is 1.62. The summed E-state index contributed by atoms with van der Waals surface area (Å²) in [5.41, 5.74) is 0.961. The minimum atomic E-state index is -0.548. The van der Waals surface area contributed by atoms with Crippen LogP contribution in [0.5, 0.6) is 5.75 Å². The standard InChI is InChI=1S/C15H21NO4/c1-15(19-9-10-20-15)7-8-16-14(17)11-12-3-5-13(18-2)6-4-12/h3-6H,7-11H2,1-2H3,(H,16,17). The first-order valence-corrected chi connectivity index (χ1v) is 6.79. The number of rotatable bonds is 6. The Labute approximate surface area is 119 Å². The molecule has 1 heterocycles. The van der Waals surface area contributed by atoms with Crippen molar-refractivity contribution in [1.82, 2.24) is 5.32 Å². The fourth-order valence-corrected chi connectivity index (χ4v) is 2.12. The zero-order valence-electron chi connectivity index (χ0n) is 12.0. The maximum absolute atomic E-state index is 11.8. The summed E-state index contributed by atoms with van der Waals surface area (Å²) in [5, 5.41) is 2.88. The lowest BCUT2D eigenvalue weighted by molar-refractivity contribution is -0.146. The van der Waals surface area contributed by atoms with Gasteiger partial charge in [0.25, 0.3) is 0 Å². The van der Waals surface area contributed by atoms with Gasteiger partial charge in [-0.1, -0.05) is 12.1 Å². The van der Waals surface area contributed by atoms with Crippen LogP contribution in [0, 0.1) is 0 Å². The van der Waals surface area contributed by atoms with Crippen LogP contribution in [0.1, 0.15) is 18.9 Å². The second-order valence-corrected chi connectivity index (χ2v) is 4.96. The van der Waals surface area contributed by atoms with Gasteiger partial charge in [0.05, 0.1) is 26.7 Å². The van der Waals surface area contributed by atoms with Crippen molar-refractivity contribution in [3.05, 3.63) is 29.8 Å². The predicted molar refractivity (Wildman–Crippen MR) is 74.6 cm³/mol. The molecule has 0 aliphatic carbocycles. The molecule has 1 N–H and O–H groups in total. The highest BCUT2D eigenvalue weighted by Gasteiger charge is 2.30. The van der Waals surface area contributed by atoms with Crippen molar-refractivity contribution in [3.63, 3.8) is 0 Å². The molecular weight excluding hydrogens is 258 g/mol. The van der Waals surface area contributed by atoms with E-state index in [2.05, 4.69) is 5.32 Å². The quantitative estimate of drug-likeness (QED) is 0.857. The first kappa shape index (κ1) is 14.8.